The summed E-state index contributed by atoms with van der Waals surface area (Å²) in [5, 5.41) is 14.4. The van der Waals surface area contributed by atoms with Crippen molar-refractivity contribution in [2.75, 3.05) is 17.6 Å². The van der Waals surface area contributed by atoms with Gasteiger partial charge in [0.15, 0.2) is 0 Å². The number of rotatable bonds is 6. The van der Waals surface area contributed by atoms with E-state index in [0.29, 0.717) is 34.9 Å². The van der Waals surface area contributed by atoms with Gasteiger partial charge in [0.2, 0.25) is 5.13 Å². The zero-order valence-electron chi connectivity index (χ0n) is 13.8. The van der Waals surface area contributed by atoms with E-state index in [1.165, 1.54) is 11.3 Å². The van der Waals surface area contributed by atoms with E-state index in [2.05, 4.69) is 20.8 Å². The van der Waals surface area contributed by atoms with Crippen LogP contribution in [0.2, 0.25) is 0 Å². The summed E-state index contributed by atoms with van der Waals surface area (Å²) in [5.74, 6) is -0.387. The third kappa shape index (κ3) is 4.64. The molecule has 0 aliphatic carbocycles. The van der Waals surface area contributed by atoms with Crippen LogP contribution in [-0.4, -0.2) is 28.6 Å². The van der Waals surface area contributed by atoms with E-state index in [4.69, 9.17) is 5.73 Å². The monoisotopic (exact) mass is 367 g/mol. The Bertz CT molecular complexity index is 893. The lowest BCUT2D eigenvalue weighted by atomic mass is 10.1. The van der Waals surface area contributed by atoms with Crippen molar-refractivity contribution < 1.29 is 9.59 Å². The summed E-state index contributed by atoms with van der Waals surface area (Å²) in [4.78, 5) is 24.2. The van der Waals surface area contributed by atoms with Crippen LogP contribution in [0.1, 0.15) is 25.7 Å². The molecule has 0 atom stereocenters. The summed E-state index contributed by atoms with van der Waals surface area (Å²) in [6.07, 6.45) is 0.575. The van der Waals surface area contributed by atoms with Crippen LogP contribution in [0.5, 0.6) is 0 Å². The number of carbonyl (C=O) groups excluding carboxylic acids is 2. The number of nitrogens with one attached hydrogen (secondary N) is 2. The average Bonchev–Trinajstić information content (AvgIpc) is 3.08. The fourth-order valence-electron chi connectivity index (χ4n) is 2.25. The van der Waals surface area contributed by atoms with Gasteiger partial charge < -0.3 is 16.4 Å². The molecule has 1 heterocycles. The number of aromatic nitrogens is 2. The summed E-state index contributed by atoms with van der Waals surface area (Å²) >= 11 is 1.31. The Hall–Kier alpha value is -3.26. The first-order valence-electron chi connectivity index (χ1n) is 7.94. The maximum absolute atomic E-state index is 12.1. The van der Waals surface area contributed by atoms with Gasteiger partial charge >= 0.3 is 0 Å². The van der Waals surface area contributed by atoms with Crippen LogP contribution in [0.25, 0.3) is 0 Å². The van der Waals surface area contributed by atoms with Gasteiger partial charge in [-0.25, -0.2) is 0 Å². The number of nitrogens with zero attached hydrogens (tertiary/aromatic N) is 2. The second-order valence-corrected chi connectivity index (χ2v) is 6.53. The third-order valence-electron chi connectivity index (χ3n) is 3.55. The van der Waals surface area contributed by atoms with Crippen molar-refractivity contribution in [1.82, 2.24) is 15.5 Å². The first-order chi connectivity index (χ1) is 12.6. The molecule has 7 nitrogen and oxygen atoms in total. The topological polar surface area (TPSA) is 110 Å². The van der Waals surface area contributed by atoms with Gasteiger partial charge in [-0.15, -0.1) is 10.2 Å². The molecular weight excluding hydrogens is 350 g/mol. The van der Waals surface area contributed by atoms with Crippen LogP contribution >= 0.6 is 11.3 Å². The Labute approximate surface area is 154 Å². The second kappa shape index (κ2) is 8.21. The molecule has 4 N–H and O–H groups in total. The van der Waals surface area contributed by atoms with E-state index in [9.17, 15) is 9.59 Å². The summed E-state index contributed by atoms with van der Waals surface area (Å²) in [6.45, 7) is 0.444. The number of nitrogen functional groups attached to an aromatic ring is 1. The molecule has 0 saturated carbocycles. The lowest BCUT2D eigenvalue weighted by molar-refractivity contribution is 0.0953. The highest BCUT2D eigenvalue weighted by molar-refractivity contribution is 7.15. The molecule has 0 spiro atoms. The number of anilines is 2. The minimum absolute atomic E-state index is 0.191. The van der Waals surface area contributed by atoms with Gasteiger partial charge in [-0.1, -0.05) is 29.5 Å². The first kappa shape index (κ1) is 17.6. The number of hydrogen-bond donors (Lipinski definition) is 3. The largest absolute Gasteiger partial charge is 0.374 e. The maximum atomic E-state index is 12.1. The molecule has 2 amide bonds. The Balaban J connectivity index is 1.51. The van der Waals surface area contributed by atoms with E-state index in [1.807, 2.05) is 6.07 Å². The molecule has 0 aliphatic heterocycles. The molecular formula is C18H17N5O2S. The van der Waals surface area contributed by atoms with Gasteiger partial charge in [0.25, 0.3) is 11.8 Å². The molecule has 0 aliphatic rings. The maximum Gasteiger partial charge on any atom is 0.255 e. The number of nitrogens with two attached hydrogens (primary N) is 1. The van der Waals surface area contributed by atoms with Gasteiger partial charge in [0.05, 0.1) is 0 Å². The minimum atomic E-state index is -0.195. The van der Waals surface area contributed by atoms with E-state index in [0.717, 1.165) is 5.01 Å². The first-order valence-corrected chi connectivity index (χ1v) is 8.76. The van der Waals surface area contributed by atoms with Gasteiger partial charge in [-0.2, -0.15) is 0 Å². The smallest absolute Gasteiger partial charge is 0.255 e. The number of benzene rings is 2. The van der Waals surface area contributed by atoms with E-state index in [1.54, 1.807) is 48.5 Å². The molecule has 1 aromatic heterocycles. The summed E-state index contributed by atoms with van der Waals surface area (Å²) in [6, 6.07) is 15.7. The lowest BCUT2D eigenvalue weighted by Gasteiger charge is -2.07. The third-order valence-corrected chi connectivity index (χ3v) is 4.36. The fraction of sp³-hybridized carbons (Fsp3) is 0.111. The molecule has 8 heteroatoms. The van der Waals surface area contributed by atoms with Gasteiger partial charge in [-0.3, -0.25) is 9.59 Å². The lowest BCUT2D eigenvalue weighted by Crippen LogP contribution is -2.25. The van der Waals surface area contributed by atoms with Gasteiger partial charge in [-0.05, 0) is 36.4 Å². The van der Waals surface area contributed by atoms with Crippen molar-refractivity contribution in [1.29, 1.82) is 0 Å². The van der Waals surface area contributed by atoms with Crippen molar-refractivity contribution in [3.63, 3.8) is 0 Å². The SMILES string of the molecule is Nc1nnc(CCNC(=O)c2ccc(NC(=O)c3ccccc3)cc2)s1. The quantitative estimate of drug-likeness (QED) is 0.619. The molecule has 0 saturated heterocycles. The summed E-state index contributed by atoms with van der Waals surface area (Å²) < 4.78 is 0. The molecule has 0 fully saturated rings. The van der Waals surface area contributed by atoms with Crippen molar-refractivity contribution >= 4 is 34.0 Å². The molecule has 2 aromatic carbocycles. The Kier molecular flexibility index (Phi) is 5.55. The van der Waals surface area contributed by atoms with Crippen LogP contribution in [0, 0.1) is 0 Å². The molecule has 3 rings (SSSR count). The average molecular weight is 367 g/mol. The Morgan fingerprint density at radius 1 is 0.923 bits per heavy atom. The predicted molar refractivity (Wildman–Crippen MR) is 101 cm³/mol. The molecule has 0 bridgehead atoms. The van der Waals surface area contributed by atoms with E-state index in [-0.39, 0.29) is 11.8 Å². The van der Waals surface area contributed by atoms with Crippen LogP contribution in [0.4, 0.5) is 10.8 Å². The Morgan fingerprint density at radius 3 is 2.27 bits per heavy atom. The number of carbonyl (C=O) groups is 2. The van der Waals surface area contributed by atoms with Crippen molar-refractivity contribution in [3.05, 3.63) is 70.7 Å². The van der Waals surface area contributed by atoms with Crippen molar-refractivity contribution in [2.24, 2.45) is 0 Å². The van der Waals surface area contributed by atoms with Crippen LogP contribution in [-0.2, 0) is 6.42 Å². The Morgan fingerprint density at radius 2 is 1.62 bits per heavy atom. The second-order valence-electron chi connectivity index (χ2n) is 5.44. The highest BCUT2D eigenvalue weighted by Crippen LogP contribution is 2.13. The number of hydrogen-bond acceptors (Lipinski definition) is 6. The zero-order chi connectivity index (χ0) is 18.4. The molecule has 3 aromatic rings. The van der Waals surface area contributed by atoms with Crippen molar-refractivity contribution in [3.8, 4) is 0 Å². The normalized spacial score (nSPS) is 10.3. The van der Waals surface area contributed by atoms with Gasteiger partial charge in [0.1, 0.15) is 5.01 Å². The standard InChI is InChI=1S/C18H17N5O2S/c19-18-23-22-15(26-18)10-11-20-16(24)13-6-8-14(9-7-13)21-17(25)12-4-2-1-3-5-12/h1-9H,10-11H2,(H2,19,23)(H,20,24)(H,21,25). The summed E-state index contributed by atoms with van der Waals surface area (Å²) in [5.41, 5.74) is 7.23. The minimum Gasteiger partial charge on any atom is -0.374 e. The molecule has 132 valence electrons. The van der Waals surface area contributed by atoms with Gasteiger partial charge in [0, 0.05) is 29.8 Å². The molecule has 0 radical (unpaired) electrons. The number of amides is 2. The van der Waals surface area contributed by atoms with E-state index < -0.39 is 0 Å². The van der Waals surface area contributed by atoms with Crippen LogP contribution in [0.3, 0.4) is 0 Å². The zero-order valence-corrected chi connectivity index (χ0v) is 14.6. The molecule has 0 unspecified atom stereocenters. The predicted octanol–water partition coefficient (Wildman–Crippen LogP) is 2.35. The van der Waals surface area contributed by atoms with Crippen LogP contribution < -0.4 is 16.4 Å². The highest BCUT2D eigenvalue weighted by atomic mass is 32.1. The highest BCUT2D eigenvalue weighted by Gasteiger charge is 2.08. The summed E-state index contributed by atoms with van der Waals surface area (Å²) in [7, 11) is 0. The fourth-order valence-corrected chi connectivity index (χ4v) is 2.86. The van der Waals surface area contributed by atoms with E-state index >= 15 is 0 Å². The van der Waals surface area contributed by atoms with Crippen LogP contribution in [0.15, 0.2) is 54.6 Å². The van der Waals surface area contributed by atoms with Crippen molar-refractivity contribution in [2.45, 2.75) is 6.42 Å². The molecule has 26 heavy (non-hydrogen) atoms.